The summed E-state index contributed by atoms with van der Waals surface area (Å²) in [7, 11) is 1.80. The summed E-state index contributed by atoms with van der Waals surface area (Å²) in [5, 5.41) is 0.926. The molecule has 2 aromatic carbocycles. The summed E-state index contributed by atoms with van der Waals surface area (Å²) in [6, 6.07) is 13.6. The van der Waals surface area contributed by atoms with Crippen LogP contribution < -0.4 is 9.47 Å². The molecule has 29 heavy (non-hydrogen) atoms. The lowest BCUT2D eigenvalue weighted by molar-refractivity contribution is -0.126. The fourth-order valence-electron chi connectivity index (χ4n) is 2.88. The Morgan fingerprint density at radius 1 is 1.14 bits per heavy atom. The summed E-state index contributed by atoms with van der Waals surface area (Å²) >= 11 is 1.62. The second-order valence-corrected chi connectivity index (χ2v) is 7.61. The number of fused-ring (bicyclic) bond motifs is 1. The number of carbonyl (C=O) groups is 1. The molecule has 0 bridgehead atoms. The molecule has 0 unspecified atom stereocenters. The Kier molecular flexibility index (Phi) is 6.88. The van der Waals surface area contributed by atoms with Crippen LogP contribution in [-0.4, -0.2) is 36.1 Å². The third-order valence-corrected chi connectivity index (χ3v) is 5.79. The van der Waals surface area contributed by atoms with Gasteiger partial charge in [-0.2, -0.15) is 0 Å². The highest BCUT2D eigenvalue weighted by molar-refractivity contribution is 7.18. The normalized spacial score (nSPS) is 12.3. The minimum absolute atomic E-state index is 0.0800. The van der Waals surface area contributed by atoms with Crippen LogP contribution in [0.5, 0.6) is 11.5 Å². The molecule has 1 amide bonds. The fraction of sp³-hybridized carbons (Fsp3) is 0.304. The molecular formula is C23H26N2O3S. The monoisotopic (exact) mass is 410 g/mol. The first-order chi connectivity index (χ1) is 14.0. The second-order valence-electron chi connectivity index (χ2n) is 6.55. The summed E-state index contributed by atoms with van der Waals surface area (Å²) in [6.45, 7) is 6.98. The van der Waals surface area contributed by atoms with Gasteiger partial charge in [0.1, 0.15) is 5.01 Å². The molecular weight excluding hydrogens is 384 g/mol. The van der Waals surface area contributed by atoms with Crippen molar-refractivity contribution in [1.29, 1.82) is 0 Å². The van der Waals surface area contributed by atoms with Crippen molar-refractivity contribution in [3.63, 3.8) is 0 Å². The summed E-state index contributed by atoms with van der Waals surface area (Å²) in [4.78, 5) is 19.1. The zero-order valence-electron chi connectivity index (χ0n) is 17.2. The number of benzene rings is 2. The van der Waals surface area contributed by atoms with Crippen LogP contribution in [0.1, 0.15) is 37.4 Å². The van der Waals surface area contributed by atoms with Gasteiger partial charge in [0.05, 0.1) is 29.5 Å². The number of hydrogen-bond acceptors (Lipinski definition) is 5. The van der Waals surface area contributed by atoms with Crippen LogP contribution in [0.4, 0.5) is 0 Å². The number of amides is 1. The van der Waals surface area contributed by atoms with E-state index in [4.69, 9.17) is 9.47 Å². The zero-order chi connectivity index (χ0) is 20.8. The van der Waals surface area contributed by atoms with Gasteiger partial charge in [-0.25, -0.2) is 4.98 Å². The fourth-order valence-corrected chi connectivity index (χ4v) is 3.94. The molecule has 0 spiro atoms. The molecule has 3 aromatic rings. The first kappa shape index (κ1) is 20.9. The predicted molar refractivity (Wildman–Crippen MR) is 119 cm³/mol. The molecule has 152 valence electrons. The van der Waals surface area contributed by atoms with E-state index in [0.29, 0.717) is 24.7 Å². The average molecular weight is 411 g/mol. The van der Waals surface area contributed by atoms with Crippen LogP contribution >= 0.6 is 11.3 Å². The van der Waals surface area contributed by atoms with E-state index < -0.39 is 0 Å². The van der Waals surface area contributed by atoms with Crippen molar-refractivity contribution in [2.45, 2.75) is 26.8 Å². The highest BCUT2D eigenvalue weighted by atomic mass is 32.1. The predicted octanol–water partition coefficient (Wildman–Crippen LogP) is 5.33. The lowest BCUT2D eigenvalue weighted by atomic mass is 10.2. The first-order valence-electron chi connectivity index (χ1n) is 9.73. The van der Waals surface area contributed by atoms with Crippen LogP contribution in [0, 0.1) is 0 Å². The van der Waals surface area contributed by atoms with Gasteiger partial charge in [-0.15, -0.1) is 11.3 Å². The molecule has 1 heterocycles. The molecule has 0 aliphatic carbocycles. The smallest absolute Gasteiger partial charge is 0.246 e. The van der Waals surface area contributed by atoms with Gasteiger partial charge in [-0.05, 0) is 56.7 Å². The number of nitrogens with zero attached hydrogens (tertiary/aromatic N) is 2. The number of carbonyl (C=O) groups excluding carboxylic acids is 1. The van der Waals surface area contributed by atoms with E-state index in [1.165, 1.54) is 0 Å². The van der Waals surface area contributed by atoms with Crippen molar-refractivity contribution >= 4 is 33.5 Å². The van der Waals surface area contributed by atoms with Gasteiger partial charge in [-0.1, -0.05) is 18.2 Å². The van der Waals surface area contributed by atoms with E-state index in [1.807, 2.05) is 63.2 Å². The van der Waals surface area contributed by atoms with Crippen LogP contribution in [0.15, 0.2) is 48.5 Å². The van der Waals surface area contributed by atoms with Gasteiger partial charge in [-0.3, -0.25) is 4.79 Å². The maximum absolute atomic E-state index is 12.7. The third-order valence-electron chi connectivity index (χ3n) is 4.58. The molecule has 5 nitrogen and oxygen atoms in total. The molecule has 6 heteroatoms. The van der Waals surface area contributed by atoms with Crippen molar-refractivity contribution in [1.82, 2.24) is 9.88 Å². The van der Waals surface area contributed by atoms with Gasteiger partial charge >= 0.3 is 0 Å². The Labute approximate surface area is 175 Å². The van der Waals surface area contributed by atoms with Gasteiger partial charge in [0.25, 0.3) is 0 Å². The lowest BCUT2D eigenvalue weighted by Gasteiger charge is -2.21. The standard InChI is InChI=1S/C23H26N2O3S/c1-5-27-19-13-11-17(15-20(19)28-6-2)12-14-22(26)25(4)16(3)23-24-18-9-7-8-10-21(18)29-23/h7-16H,5-6H2,1-4H3/b14-12+/t16-/m0/s1. The quantitative estimate of drug-likeness (QED) is 0.471. The van der Waals surface area contributed by atoms with Gasteiger partial charge in [0.15, 0.2) is 11.5 Å². The third kappa shape index (κ3) is 4.95. The minimum Gasteiger partial charge on any atom is -0.490 e. The maximum atomic E-state index is 12.7. The van der Waals surface area contributed by atoms with Crippen LogP contribution in [-0.2, 0) is 4.79 Å². The second kappa shape index (κ2) is 9.56. The molecule has 0 aliphatic rings. The molecule has 0 saturated heterocycles. The lowest BCUT2D eigenvalue weighted by Crippen LogP contribution is -2.27. The van der Waals surface area contributed by atoms with Gasteiger partial charge < -0.3 is 14.4 Å². The van der Waals surface area contributed by atoms with Crippen molar-refractivity contribution < 1.29 is 14.3 Å². The summed E-state index contributed by atoms with van der Waals surface area (Å²) in [5.41, 5.74) is 1.85. The average Bonchev–Trinajstić information content (AvgIpc) is 3.17. The molecule has 1 aromatic heterocycles. The number of para-hydroxylation sites is 1. The molecule has 0 radical (unpaired) electrons. The van der Waals surface area contributed by atoms with Crippen molar-refractivity contribution in [3.8, 4) is 11.5 Å². The molecule has 3 rings (SSSR count). The minimum atomic E-state index is -0.108. The van der Waals surface area contributed by atoms with Gasteiger partial charge in [0, 0.05) is 13.1 Å². The number of likely N-dealkylation sites (N-methyl/N-ethyl adjacent to an activating group) is 1. The van der Waals surface area contributed by atoms with Crippen molar-refractivity contribution in [3.05, 3.63) is 59.1 Å². The Balaban J connectivity index is 1.72. The van der Waals surface area contributed by atoms with Crippen LogP contribution in [0.25, 0.3) is 16.3 Å². The van der Waals surface area contributed by atoms with E-state index in [0.717, 1.165) is 20.8 Å². The largest absolute Gasteiger partial charge is 0.490 e. The zero-order valence-corrected chi connectivity index (χ0v) is 18.0. The highest BCUT2D eigenvalue weighted by Gasteiger charge is 2.19. The number of hydrogen-bond donors (Lipinski definition) is 0. The van der Waals surface area contributed by atoms with Crippen molar-refractivity contribution in [2.24, 2.45) is 0 Å². The summed E-state index contributed by atoms with van der Waals surface area (Å²) < 4.78 is 12.4. The molecule has 0 fully saturated rings. The SMILES string of the molecule is CCOc1ccc(/C=C/C(=O)N(C)[C@@H](C)c2nc3ccccc3s2)cc1OCC. The Hall–Kier alpha value is -2.86. The highest BCUT2D eigenvalue weighted by Crippen LogP contribution is 2.30. The van der Waals surface area contributed by atoms with Crippen LogP contribution in [0.2, 0.25) is 0 Å². The number of thiazole rings is 1. The summed E-state index contributed by atoms with van der Waals surface area (Å²) in [6.07, 6.45) is 3.37. The number of ether oxygens (including phenoxy) is 2. The molecule has 0 saturated carbocycles. The topological polar surface area (TPSA) is 51.7 Å². The molecule has 0 N–H and O–H groups in total. The van der Waals surface area contributed by atoms with Crippen molar-refractivity contribution in [2.75, 3.05) is 20.3 Å². The Morgan fingerprint density at radius 3 is 2.59 bits per heavy atom. The van der Waals surface area contributed by atoms with E-state index in [-0.39, 0.29) is 11.9 Å². The first-order valence-corrected chi connectivity index (χ1v) is 10.5. The van der Waals surface area contributed by atoms with E-state index in [1.54, 1.807) is 35.4 Å². The number of rotatable bonds is 8. The van der Waals surface area contributed by atoms with E-state index in [9.17, 15) is 4.79 Å². The summed E-state index contributed by atoms with van der Waals surface area (Å²) in [5.74, 6) is 1.31. The maximum Gasteiger partial charge on any atom is 0.246 e. The van der Waals surface area contributed by atoms with E-state index >= 15 is 0 Å². The Bertz CT molecular complexity index is 979. The molecule has 1 atom stereocenters. The van der Waals surface area contributed by atoms with Crippen LogP contribution in [0.3, 0.4) is 0 Å². The molecule has 0 aliphatic heterocycles. The Morgan fingerprint density at radius 2 is 1.86 bits per heavy atom. The number of aromatic nitrogens is 1. The van der Waals surface area contributed by atoms with E-state index in [2.05, 4.69) is 4.98 Å². The van der Waals surface area contributed by atoms with Gasteiger partial charge in [0.2, 0.25) is 5.91 Å².